The number of carbonyl (C=O) groups excluding carboxylic acids is 1. The van der Waals surface area contributed by atoms with Gasteiger partial charge in [0.25, 0.3) is 0 Å². The third-order valence-corrected chi connectivity index (χ3v) is 2.69. The molecule has 110 valence electrons. The number of benzene rings is 1. The van der Waals surface area contributed by atoms with Gasteiger partial charge in [-0.25, -0.2) is 4.79 Å². The summed E-state index contributed by atoms with van der Waals surface area (Å²) < 4.78 is 5.17. The standard InChI is InChI=1S/C13H20N4O3/c1-9(2)17(8-12(14)16-19)13(18)15-10-6-4-5-7-11(10)20-3/h4-7,9,19H,8H2,1-3H3,(H2,14,16)(H,15,18). The summed E-state index contributed by atoms with van der Waals surface area (Å²) in [6, 6.07) is 6.63. The van der Waals surface area contributed by atoms with Gasteiger partial charge < -0.3 is 25.9 Å². The van der Waals surface area contributed by atoms with Gasteiger partial charge in [-0.1, -0.05) is 17.3 Å². The minimum absolute atomic E-state index is 0.0334. The number of nitrogens with zero attached hydrogens (tertiary/aromatic N) is 2. The molecule has 0 aliphatic rings. The van der Waals surface area contributed by atoms with Crippen molar-refractivity contribution in [3.63, 3.8) is 0 Å². The van der Waals surface area contributed by atoms with Crippen molar-refractivity contribution in [2.45, 2.75) is 19.9 Å². The molecule has 0 aliphatic carbocycles. The van der Waals surface area contributed by atoms with Crippen LogP contribution in [0, 0.1) is 0 Å². The van der Waals surface area contributed by atoms with Gasteiger partial charge in [-0.2, -0.15) is 0 Å². The van der Waals surface area contributed by atoms with Crippen LogP contribution in [0.1, 0.15) is 13.8 Å². The molecule has 0 unspecified atom stereocenters. The molecule has 0 saturated heterocycles. The van der Waals surface area contributed by atoms with Crippen LogP contribution in [0.4, 0.5) is 10.5 Å². The molecule has 0 aromatic heterocycles. The maximum atomic E-state index is 12.2. The van der Waals surface area contributed by atoms with Gasteiger partial charge in [0.1, 0.15) is 5.75 Å². The van der Waals surface area contributed by atoms with Gasteiger partial charge in [0.05, 0.1) is 19.3 Å². The number of hydrogen-bond donors (Lipinski definition) is 3. The number of hydrogen-bond acceptors (Lipinski definition) is 4. The van der Waals surface area contributed by atoms with Gasteiger partial charge >= 0.3 is 6.03 Å². The van der Waals surface area contributed by atoms with Gasteiger partial charge in [-0.05, 0) is 26.0 Å². The second kappa shape index (κ2) is 7.22. The van der Waals surface area contributed by atoms with Gasteiger partial charge in [0.15, 0.2) is 5.84 Å². The van der Waals surface area contributed by atoms with E-state index in [4.69, 9.17) is 15.7 Å². The summed E-state index contributed by atoms with van der Waals surface area (Å²) in [7, 11) is 1.53. The summed E-state index contributed by atoms with van der Waals surface area (Å²) in [5.41, 5.74) is 6.01. The highest BCUT2D eigenvalue weighted by atomic mass is 16.5. The van der Waals surface area contributed by atoms with E-state index >= 15 is 0 Å². The van der Waals surface area contributed by atoms with Crippen LogP contribution in [0.25, 0.3) is 0 Å². The fourth-order valence-electron chi connectivity index (χ4n) is 1.63. The Morgan fingerprint density at radius 3 is 2.70 bits per heavy atom. The van der Waals surface area contributed by atoms with E-state index in [1.807, 2.05) is 19.9 Å². The number of oxime groups is 1. The molecule has 0 aliphatic heterocycles. The zero-order valence-electron chi connectivity index (χ0n) is 11.8. The minimum atomic E-state index is -0.351. The van der Waals surface area contributed by atoms with Crippen LogP contribution in [-0.4, -0.2) is 41.7 Å². The lowest BCUT2D eigenvalue weighted by Crippen LogP contribution is -2.45. The van der Waals surface area contributed by atoms with Crippen molar-refractivity contribution in [2.75, 3.05) is 19.0 Å². The molecule has 7 heteroatoms. The van der Waals surface area contributed by atoms with Gasteiger partial charge in [-0.15, -0.1) is 0 Å². The number of rotatable bonds is 5. The van der Waals surface area contributed by atoms with E-state index < -0.39 is 0 Å². The normalized spacial score (nSPS) is 11.3. The fourth-order valence-corrected chi connectivity index (χ4v) is 1.63. The molecular formula is C13H20N4O3. The second-order valence-corrected chi connectivity index (χ2v) is 4.44. The Morgan fingerprint density at radius 2 is 2.15 bits per heavy atom. The number of nitrogens with one attached hydrogen (secondary N) is 1. The van der Waals surface area contributed by atoms with Gasteiger partial charge in [0.2, 0.25) is 0 Å². The largest absolute Gasteiger partial charge is 0.495 e. The van der Waals surface area contributed by atoms with Gasteiger partial charge in [-0.3, -0.25) is 0 Å². The van der Waals surface area contributed by atoms with E-state index in [2.05, 4.69) is 10.5 Å². The Labute approximate surface area is 118 Å². The van der Waals surface area contributed by atoms with E-state index in [1.54, 1.807) is 18.2 Å². The number of para-hydroxylation sites is 2. The number of urea groups is 1. The lowest BCUT2D eigenvalue weighted by molar-refractivity contribution is 0.205. The highest BCUT2D eigenvalue weighted by Crippen LogP contribution is 2.23. The minimum Gasteiger partial charge on any atom is -0.495 e. The van der Waals surface area contributed by atoms with E-state index in [9.17, 15) is 4.79 Å². The molecule has 7 nitrogen and oxygen atoms in total. The Kier molecular flexibility index (Phi) is 5.64. The van der Waals surface area contributed by atoms with Crippen LogP contribution < -0.4 is 15.8 Å². The van der Waals surface area contributed by atoms with Crippen LogP contribution in [0.5, 0.6) is 5.75 Å². The lowest BCUT2D eigenvalue weighted by Gasteiger charge is -2.26. The summed E-state index contributed by atoms with van der Waals surface area (Å²) >= 11 is 0. The van der Waals surface area contributed by atoms with E-state index in [0.717, 1.165) is 0 Å². The molecule has 1 aromatic carbocycles. The smallest absolute Gasteiger partial charge is 0.322 e. The van der Waals surface area contributed by atoms with Crippen LogP contribution in [0.15, 0.2) is 29.4 Å². The first-order chi connectivity index (χ1) is 9.49. The molecule has 0 fully saturated rings. The zero-order valence-corrected chi connectivity index (χ0v) is 11.8. The SMILES string of the molecule is COc1ccccc1NC(=O)N(CC(N)=NO)C(C)C. The van der Waals surface area contributed by atoms with Crippen molar-refractivity contribution >= 4 is 17.6 Å². The molecule has 0 radical (unpaired) electrons. The molecule has 4 N–H and O–H groups in total. The first kappa shape index (κ1) is 15.6. The highest BCUT2D eigenvalue weighted by molar-refractivity contribution is 5.94. The number of methoxy groups -OCH3 is 1. The first-order valence-corrected chi connectivity index (χ1v) is 6.16. The molecule has 1 aromatic rings. The number of ether oxygens (including phenoxy) is 1. The average Bonchev–Trinajstić information content (AvgIpc) is 2.44. The van der Waals surface area contributed by atoms with Crippen molar-refractivity contribution in [1.82, 2.24) is 4.90 Å². The molecule has 0 saturated carbocycles. The number of carbonyl (C=O) groups is 1. The summed E-state index contributed by atoms with van der Waals surface area (Å²) in [4.78, 5) is 13.7. The summed E-state index contributed by atoms with van der Waals surface area (Å²) in [6.07, 6.45) is 0. The Hall–Kier alpha value is -2.44. The van der Waals surface area contributed by atoms with Crippen molar-refractivity contribution in [3.8, 4) is 5.75 Å². The lowest BCUT2D eigenvalue weighted by atomic mass is 10.3. The van der Waals surface area contributed by atoms with Crippen molar-refractivity contribution in [1.29, 1.82) is 0 Å². The van der Waals surface area contributed by atoms with Crippen LogP contribution >= 0.6 is 0 Å². The first-order valence-electron chi connectivity index (χ1n) is 6.16. The fraction of sp³-hybridized carbons (Fsp3) is 0.385. The molecule has 0 spiro atoms. The van der Waals surface area contributed by atoms with Crippen molar-refractivity contribution in [3.05, 3.63) is 24.3 Å². The van der Waals surface area contributed by atoms with Crippen molar-refractivity contribution < 1.29 is 14.7 Å². The van der Waals surface area contributed by atoms with Crippen molar-refractivity contribution in [2.24, 2.45) is 10.9 Å². The number of nitrogens with two attached hydrogens (primary N) is 1. The third kappa shape index (κ3) is 4.04. The molecule has 2 amide bonds. The number of amides is 2. The summed E-state index contributed by atoms with van der Waals surface area (Å²) in [6.45, 7) is 3.72. The van der Waals surface area contributed by atoms with E-state index in [0.29, 0.717) is 11.4 Å². The Bertz CT molecular complexity index is 488. The number of amidine groups is 1. The summed E-state index contributed by atoms with van der Waals surface area (Å²) in [5, 5.41) is 14.2. The molecule has 0 atom stereocenters. The predicted octanol–water partition coefficient (Wildman–Crippen LogP) is 1.68. The van der Waals surface area contributed by atoms with E-state index in [-0.39, 0.29) is 24.5 Å². The predicted molar refractivity (Wildman–Crippen MR) is 77.3 cm³/mol. The Morgan fingerprint density at radius 1 is 1.50 bits per heavy atom. The van der Waals surface area contributed by atoms with Crippen LogP contribution in [0.3, 0.4) is 0 Å². The highest BCUT2D eigenvalue weighted by Gasteiger charge is 2.19. The Balaban J connectivity index is 2.86. The second-order valence-electron chi connectivity index (χ2n) is 4.44. The monoisotopic (exact) mass is 280 g/mol. The number of anilines is 1. The maximum Gasteiger partial charge on any atom is 0.322 e. The summed E-state index contributed by atoms with van der Waals surface area (Å²) in [5.74, 6) is 0.530. The zero-order chi connectivity index (χ0) is 15.1. The molecule has 0 heterocycles. The van der Waals surface area contributed by atoms with Crippen LogP contribution in [-0.2, 0) is 0 Å². The van der Waals surface area contributed by atoms with Crippen LogP contribution in [0.2, 0.25) is 0 Å². The maximum absolute atomic E-state index is 12.2. The topological polar surface area (TPSA) is 100 Å². The molecule has 0 bridgehead atoms. The van der Waals surface area contributed by atoms with Gasteiger partial charge in [0, 0.05) is 6.04 Å². The third-order valence-electron chi connectivity index (χ3n) is 2.69. The van der Waals surface area contributed by atoms with E-state index in [1.165, 1.54) is 12.0 Å². The quantitative estimate of drug-likeness (QED) is 0.330. The molecule has 20 heavy (non-hydrogen) atoms. The average molecular weight is 280 g/mol. The molecule has 1 rings (SSSR count). The molecular weight excluding hydrogens is 260 g/mol.